The van der Waals surface area contributed by atoms with Crippen molar-refractivity contribution in [3.05, 3.63) is 30.1 Å². The Labute approximate surface area is 184 Å². The number of halogens is 2. The fourth-order valence-electron chi connectivity index (χ4n) is 3.78. The van der Waals surface area contributed by atoms with Gasteiger partial charge in [0.1, 0.15) is 5.82 Å². The molecule has 2 saturated heterocycles. The predicted molar refractivity (Wildman–Crippen MR) is 121 cm³/mol. The molecule has 0 aromatic heterocycles. The SMILES string of the molecule is CN=C(NCC1(OC)CCOCC1)NC1CCN(c2cccc(F)c2)CC1.I. The Balaban J connectivity index is 0.00000280. The van der Waals surface area contributed by atoms with Gasteiger partial charge in [-0.2, -0.15) is 0 Å². The molecular formula is C20H32FIN4O2. The van der Waals surface area contributed by atoms with Gasteiger partial charge >= 0.3 is 0 Å². The molecule has 1 aromatic rings. The summed E-state index contributed by atoms with van der Waals surface area (Å²) in [5.41, 5.74) is 0.772. The van der Waals surface area contributed by atoms with Gasteiger partial charge in [-0.3, -0.25) is 4.99 Å². The van der Waals surface area contributed by atoms with Crippen molar-refractivity contribution in [2.45, 2.75) is 37.3 Å². The number of piperidine rings is 1. The van der Waals surface area contributed by atoms with Gasteiger partial charge in [-0.05, 0) is 31.0 Å². The molecule has 158 valence electrons. The van der Waals surface area contributed by atoms with E-state index in [0.29, 0.717) is 12.6 Å². The lowest BCUT2D eigenvalue weighted by Gasteiger charge is -2.37. The fourth-order valence-corrected chi connectivity index (χ4v) is 3.78. The van der Waals surface area contributed by atoms with Crippen LogP contribution in [0.5, 0.6) is 0 Å². The number of rotatable bonds is 5. The molecule has 3 rings (SSSR count). The minimum atomic E-state index is -0.184. The quantitative estimate of drug-likeness (QED) is 0.366. The second-order valence-electron chi connectivity index (χ2n) is 7.31. The first-order valence-corrected chi connectivity index (χ1v) is 9.75. The standard InChI is InChI=1S/C20H31FN4O2.HI/c1-22-19(23-15-20(26-2)8-12-27-13-9-20)24-17-6-10-25(11-7-17)18-5-3-4-16(21)14-18;/h3-5,14,17H,6-13,15H2,1-2H3,(H2,22,23,24);1H. The van der Waals surface area contributed by atoms with E-state index in [9.17, 15) is 4.39 Å². The molecule has 2 fully saturated rings. The van der Waals surface area contributed by atoms with E-state index in [1.54, 1.807) is 26.3 Å². The minimum absolute atomic E-state index is 0. The van der Waals surface area contributed by atoms with Gasteiger partial charge in [0.15, 0.2) is 5.96 Å². The van der Waals surface area contributed by atoms with E-state index in [0.717, 1.165) is 63.6 Å². The van der Waals surface area contributed by atoms with E-state index in [2.05, 4.69) is 20.5 Å². The van der Waals surface area contributed by atoms with Crippen LogP contribution in [0.1, 0.15) is 25.7 Å². The summed E-state index contributed by atoms with van der Waals surface area (Å²) in [4.78, 5) is 6.60. The molecule has 0 amide bonds. The van der Waals surface area contributed by atoms with Crippen molar-refractivity contribution in [1.82, 2.24) is 10.6 Å². The van der Waals surface area contributed by atoms with Crippen molar-refractivity contribution < 1.29 is 13.9 Å². The molecular weight excluding hydrogens is 474 g/mol. The van der Waals surface area contributed by atoms with E-state index >= 15 is 0 Å². The summed E-state index contributed by atoms with van der Waals surface area (Å²) in [5.74, 6) is 0.625. The van der Waals surface area contributed by atoms with Gasteiger partial charge in [-0.1, -0.05) is 6.07 Å². The second-order valence-corrected chi connectivity index (χ2v) is 7.31. The molecule has 2 aliphatic rings. The van der Waals surface area contributed by atoms with Crippen LogP contribution in [0.3, 0.4) is 0 Å². The molecule has 1 aromatic carbocycles. The Bertz CT molecular complexity index is 632. The Morgan fingerprint density at radius 3 is 2.64 bits per heavy atom. The Hall–Kier alpha value is -1.13. The average molecular weight is 506 g/mol. The van der Waals surface area contributed by atoms with Gasteiger partial charge in [0.05, 0.1) is 5.60 Å². The highest BCUT2D eigenvalue weighted by Gasteiger charge is 2.32. The van der Waals surface area contributed by atoms with Crippen LogP contribution < -0.4 is 15.5 Å². The molecule has 8 heteroatoms. The molecule has 0 aliphatic carbocycles. The largest absolute Gasteiger partial charge is 0.381 e. The van der Waals surface area contributed by atoms with Crippen molar-refractivity contribution in [3.8, 4) is 0 Å². The Kier molecular flexibility index (Phi) is 9.23. The third kappa shape index (κ3) is 6.18. The maximum atomic E-state index is 13.4. The number of nitrogens with zero attached hydrogens (tertiary/aromatic N) is 2. The third-order valence-electron chi connectivity index (χ3n) is 5.65. The van der Waals surface area contributed by atoms with Gasteiger partial charge in [-0.15, -0.1) is 24.0 Å². The Morgan fingerprint density at radius 2 is 2.04 bits per heavy atom. The number of aliphatic imine (C=N–C) groups is 1. The smallest absolute Gasteiger partial charge is 0.191 e. The number of methoxy groups -OCH3 is 1. The van der Waals surface area contributed by atoms with Crippen LogP contribution in [0.25, 0.3) is 0 Å². The highest BCUT2D eigenvalue weighted by atomic mass is 127. The lowest BCUT2D eigenvalue weighted by molar-refractivity contribution is -0.0855. The van der Waals surface area contributed by atoms with Crippen LogP contribution in [-0.4, -0.2) is 64.6 Å². The average Bonchev–Trinajstić information content (AvgIpc) is 2.72. The molecule has 0 radical (unpaired) electrons. The van der Waals surface area contributed by atoms with Crippen LogP contribution in [0.2, 0.25) is 0 Å². The molecule has 2 N–H and O–H groups in total. The summed E-state index contributed by atoms with van der Waals surface area (Å²) < 4.78 is 24.7. The lowest BCUT2D eigenvalue weighted by atomic mass is 9.94. The Morgan fingerprint density at radius 1 is 1.32 bits per heavy atom. The van der Waals surface area contributed by atoms with E-state index in [4.69, 9.17) is 9.47 Å². The maximum Gasteiger partial charge on any atom is 0.191 e. The molecule has 6 nitrogen and oxygen atoms in total. The number of anilines is 1. The van der Waals surface area contributed by atoms with Gasteiger partial charge in [0.2, 0.25) is 0 Å². The van der Waals surface area contributed by atoms with Crippen LogP contribution in [0, 0.1) is 5.82 Å². The monoisotopic (exact) mass is 506 g/mol. The fraction of sp³-hybridized carbons (Fsp3) is 0.650. The first-order chi connectivity index (χ1) is 13.1. The molecule has 0 bridgehead atoms. The second kappa shape index (κ2) is 11.2. The molecule has 0 spiro atoms. The number of nitrogens with one attached hydrogen (secondary N) is 2. The van der Waals surface area contributed by atoms with Gasteiger partial charge in [-0.25, -0.2) is 4.39 Å². The van der Waals surface area contributed by atoms with E-state index < -0.39 is 0 Å². The van der Waals surface area contributed by atoms with Gasteiger partial charge < -0.3 is 25.0 Å². The summed E-state index contributed by atoms with van der Waals surface area (Å²) in [6.45, 7) is 3.99. The number of ether oxygens (including phenoxy) is 2. The van der Waals surface area contributed by atoms with Crippen LogP contribution in [-0.2, 0) is 9.47 Å². The zero-order valence-corrected chi connectivity index (χ0v) is 19.1. The van der Waals surface area contributed by atoms with Crippen molar-refractivity contribution >= 4 is 35.6 Å². The van der Waals surface area contributed by atoms with Crippen LogP contribution in [0.15, 0.2) is 29.3 Å². The maximum absolute atomic E-state index is 13.4. The van der Waals surface area contributed by atoms with Crippen molar-refractivity contribution in [2.24, 2.45) is 4.99 Å². The number of hydrogen-bond acceptors (Lipinski definition) is 4. The highest BCUT2D eigenvalue weighted by Crippen LogP contribution is 2.24. The molecule has 0 atom stereocenters. The van der Waals surface area contributed by atoms with Crippen molar-refractivity contribution in [3.63, 3.8) is 0 Å². The first kappa shape index (κ1) is 23.2. The minimum Gasteiger partial charge on any atom is -0.381 e. The summed E-state index contributed by atoms with van der Waals surface area (Å²) in [6.07, 6.45) is 3.75. The molecule has 2 aliphatic heterocycles. The molecule has 0 unspecified atom stereocenters. The predicted octanol–water partition coefficient (Wildman–Crippen LogP) is 2.77. The number of benzene rings is 1. The van der Waals surface area contributed by atoms with Gasteiger partial charge in [0, 0.05) is 71.6 Å². The summed E-state index contributed by atoms with van der Waals surface area (Å²) >= 11 is 0. The zero-order valence-electron chi connectivity index (χ0n) is 16.7. The number of guanidine groups is 1. The van der Waals surface area contributed by atoms with Crippen molar-refractivity contribution in [2.75, 3.05) is 51.9 Å². The lowest BCUT2D eigenvalue weighted by Crippen LogP contribution is -2.53. The van der Waals surface area contributed by atoms with Gasteiger partial charge in [0.25, 0.3) is 0 Å². The summed E-state index contributed by atoms with van der Waals surface area (Å²) in [6, 6.07) is 7.18. The van der Waals surface area contributed by atoms with Crippen LogP contribution in [0.4, 0.5) is 10.1 Å². The normalized spacial score (nSPS) is 20.4. The van der Waals surface area contributed by atoms with E-state index in [-0.39, 0.29) is 35.4 Å². The first-order valence-electron chi connectivity index (χ1n) is 9.75. The molecule has 2 heterocycles. The summed E-state index contributed by atoms with van der Waals surface area (Å²) in [5, 5.41) is 6.94. The summed E-state index contributed by atoms with van der Waals surface area (Å²) in [7, 11) is 3.56. The number of hydrogen-bond donors (Lipinski definition) is 2. The molecule has 28 heavy (non-hydrogen) atoms. The topological polar surface area (TPSA) is 58.1 Å². The van der Waals surface area contributed by atoms with E-state index in [1.807, 2.05) is 6.07 Å². The van der Waals surface area contributed by atoms with Crippen molar-refractivity contribution in [1.29, 1.82) is 0 Å². The third-order valence-corrected chi connectivity index (χ3v) is 5.65. The van der Waals surface area contributed by atoms with Crippen LogP contribution >= 0.6 is 24.0 Å². The highest BCUT2D eigenvalue weighted by molar-refractivity contribution is 14.0. The molecule has 0 saturated carbocycles. The zero-order chi connectivity index (χ0) is 19.1. The van der Waals surface area contributed by atoms with E-state index in [1.165, 1.54) is 6.07 Å².